The van der Waals surface area contributed by atoms with E-state index in [1.807, 2.05) is 30.0 Å². The Balaban J connectivity index is 2.21. The fraction of sp³-hybridized carbons (Fsp3) is 0.538. The monoisotopic (exact) mass is 298 g/mol. The van der Waals surface area contributed by atoms with Crippen molar-refractivity contribution in [3.63, 3.8) is 0 Å². The van der Waals surface area contributed by atoms with Gasteiger partial charge in [0.2, 0.25) is 0 Å². The lowest BCUT2D eigenvalue weighted by atomic mass is 10.1. The number of pyridine rings is 1. The summed E-state index contributed by atoms with van der Waals surface area (Å²) in [7, 11) is -3.15. The highest BCUT2D eigenvalue weighted by Crippen LogP contribution is 2.26. The van der Waals surface area contributed by atoms with Gasteiger partial charge in [-0.2, -0.15) is 0 Å². The van der Waals surface area contributed by atoms with Crippen LogP contribution >= 0.6 is 0 Å². The topological polar surface area (TPSA) is 87.6 Å². The summed E-state index contributed by atoms with van der Waals surface area (Å²) in [5.41, 5.74) is 0.821. The zero-order chi connectivity index (χ0) is 14.8. The molecule has 1 saturated heterocycles. The van der Waals surface area contributed by atoms with Gasteiger partial charge in [-0.1, -0.05) is 6.07 Å². The van der Waals surface area contributed by atoms with E-state index in [0.717, 1.165) is 5.69 Å². The lowest BCUT2D eigenvalue weighted by Crippen LogP contribution is -2.50. The number of aliphatic carboxylic acids is 1. The Morgan fingerprint density at radius 1 is 1.55 bits per heavy atom. The van der Waals surface area contributed by atoms with Crippen LogP contribution in [0.1, 0.15) is 25.1 Å². The average Bonchev–Trinajstić information content (AvgIpc) is 2.37. The molecule has 20 heavy (non-hydrogen) atoms. The van der Waals surface area contributed by atoms with Crippen molar-refractivity contribution in [1.29, 1.82) is 0 Å². The van der Waals surface area contributed by atoms with Crippen LogP contribution in [0.15, 0.2) is 24.4 Å². The first-order chi connectivity index (χ1) is 9.39. The van der Waals surface area contributed by atoms with Crippen molar-refractivity contribution in [2.24, 2.45) is 0 Å². The summed E-state index contributed by atoms with van der Waals surface area (Å²) in [6.45, 7) is 2.27. The van der Waals surface area contributed by atoms with Gasteiger partial charge in [0.05, 0.1) is 23.6 Å². The van der Waals surface area contributed by atoms with Gasteiger partial charge >= 0.3 is 5.97 Å². The SMILES string of the molecule is CC(c1ccccn1)N1CCS(=O)(=O)CC1CC(=O)O. The second-order valence-electron chi connectivity index (χ2n) is 5.03. The number of hydrogen-bond acceptors (Lipinski definition) is 5. The van der Waals surface area contributed by atoms with Crippen molar-refractivity contribution in [3.05, 3.63) is 30.1 Å². The predicted molar refractivity (Wildman–Crippen MR) is 74.1 cm³/mol. The van der Waals surface area contributed by atoms with Crippen LogP contribution in [-0.2, 0) is 14.6 Å². The smallest absolute Gasteiger partial charge is 0.304 e. The summed E-state index contributed by atoms with van der Waals surface area (Å²) in [6.07, 6.45) is 1.51. The van der Waals surface area contributed by atoms with Gasteiger partial charge in [0.25, 0.3) is 0 Å². The molecule has 2 unspecified atom stereocenters. The largest absolute Gasteiger partial charge is 0.481 e. The molecule has 0 aromatic carbocycles. The summed E-state index contributed by atoms with van der Waals surface area (Å²) < 4.78 is 23.4. The Bertz CT molecular complexity index is 573. The number of sulfone groups is 1. The molecule has 2 rings (SSSR count). The number of nitrogens with zero attached hydrogens (tertiary/aromatic N) is 2. The number of aromatic nitrogens is 1. The van der Waals surface area contributed by atoms with E-state index in [9.17, 15) is 13.2 Å². The quantitative estimate of drug-likeness (QED) is 0.881. The van der Waals surface area contributed by atoms with Crippen molar-refractivity contribution in [2.45, 2.75) is 25.4 Å². The van der Waals surface area contributed by atoms with E-state index in [2.05, 4.69) is 4.98 Å². The van der Waals surface area contributed by atoms with Crippen LogP contribution in [0.3, 0.4) is 0 Å². The van der Waals surface area contributed by atoms with Gasteiger partial charge in [-0.25, -0.2) is 8.42 Å². The normalized spacial score (nSPS) is 24.1. The molecule has 0 spiro atoms. The predicted octanol–water partition coefficient (Wildman–Crippen LogP) is 0.716. The minimum atomic E-state index is -3.15. The van der Waals surface area contributed by atoms with E-state index < -0.39 is 21.8 Å². The molecule has 7 heteroatoms. The number of hydrogen-bond donors (Lipinski definition) is 1. The van der Waals surface area contributed by atoms with Gasteiger partial charge < -0.3 is 5.11 Å². The highest BCUT2D eigenvalue weighted by molar-refractivity contribution is 7.91. The summed E-state index contributed by atoms with van der Waals surface area (Å²) in [5.74, 6) is -1.01. The zero-order valence-electron chi connectivity index (χ0n) is 11.3. The molecule has 1 aliphatic rings. The molecule has 1 aliphatic heterocycles. The fourth-order valence-corrected chi connectivity index (χ4v) is 4.13. The first kappa shape index (κ1) is 14.9. The molecule has 1 fully saturated rings. The summed E-state index contributed by atoms with van der Waals surface area (Å²) in [6, 6.07) is 4.95. The molecule has 0 aliphatic carbocycles. The van der Waals surface area contributed by atoms with Crippen molar-refractivity contribution >= 4 is 15.8 Å². The van der Waals surface area contributed by atoms with Crippen molar-refractivity contribution in [1.82, 2.24) is 9.88 Å². The highest BCUT2D eigenvalue weighted by Gasteiger charge is 2.35. The number of carboxylic acid groups (broad SMARTS) is 1. The summed E-state index contributed by atoms with van der Waals surface area (Å²) in [4.78, 5) is 17.1. The van der Waals surface area contributed by atoms with E-state index >= 15 is 0 Å². The summed E-state index contributed by atoms with van der Waals surface area (Å²) in [5, 5.41) is 8.97. The van der Waals surface area contributed by atoms with Crippen LogP contribution in [0.4, 0.5) is 0 Å². The maximum absolute atomic E-state index is 11.7. The maximum atomic E-state index is 11.7. The van der Waals surface area contributed by atoms with Crippen LogP contribution < -0.4 is 0 Å². The maximum Gasteiger partial charge on any atom is 0.304 e. The fourth-order valence-electron chi connectivity index (χ4n) is 2.58. The Morgan fingerprint density at radius 2 is 2.30 bits per heavy atom. The molecule has 1 aromatic rings. The number of carbonyl (C=O) groups is 1. The van der Waals surface area contributed by atoms with Gasteiger partial charge in [0, 0.05) is 24.8 Å². The van der Waals surface area contributed by atoms with Crippen LogP contribution in [0.25, 0.3) is 0 Å². The molecule has 6 nitrogen and oxygen atoms in total. The molecule has 0 radical (unpaired) electrons. The Kier molecular flexibility index (Phi) is 4.39. The van der Waals surface area contributed by atoms with E-state index in [4.69, 9.17) is 5.11 Å². The highest BCUT2D eigenvalue weighted by atomic mass is 32.2. The van der Waals surface area contributed by atoms with E-state index in [1.165, 1.54) is 0 Å². The molecule has 1 N–H and O–H groups in total. The standard InChI is InChI=1S/C13H18N2O4S/c1-10(12-4-2-3-5-14-12)15-6-7-20(18,19)9-11(15)8-13(16)17/h2-5,10-11H,6-9H2,1H3,(H,16,17). The first-order valence-corrected chi connectivity index (χ1v) is 8.30. The van der Waals surface area contributed by atoms with Gasteiger partial charge in [-0.15, -0.1) is 0 Å². The lowest BCUT2D eigenvalue weighted by Gasteiger charge is -2.38. The van der Waals surface area contributed by atoms with Crippen molar-refractivity contribution in [2.75, 3.05) is 18.1 Å². The van der Waals surface area contributed by atoms with Crippen LogP contribution in [0.2, 0.25) is 0 Å². The molecule has 0 saturated carbocycles. The molecule has 110 valence electrons. The zero-order valence-corrected chi connectivity index (χ0v) is 12.1. The Morgan fingerprint density at radius 3 is 2.90 bits per heavy atom. The van der Waals surface area contributed by atoms with Crippen LogP contribution in [0, 0.1) is 0 Å². The third-order valence-corrected chi connectivity index (χ3v) is 5.30. The molecule has 2 atom stereocenters. The van der Waals surface area contributed by atoms with Crippen molar-refractivity contribution < 1.29 is 18.3 Å². The van der Waals surface area contributed by atoms with Gasteiger partial charge in [0.1, 0.15) is 0 Å². The molecule has 2 heterocycles. The third-order valence-electron chi connectivity index (χ3n) is 3.60. The molecule has 1 aromatic heterocycles. The summed E-state index contributed by atoms with van der Waals surface area (Å²) >= 11 is 0. The van der Waals surface area contributed by atoms with E-state index in [0.29, 0.717) is 6.54 Å². The van der Waals surface area contributed by atoms with E-state index in [-0.39, 0.29) is 24.0 Å². The molecule has 0 bridgehead atoms. The second kappa shape index (κ2) is 5.88. The van der Waals surface area contributed by atoms with Crippen molar-refractivity contribution in [3.8, 4) is 0 Å². The Hall–Kier alpha value is -1.47. The molecular weight excluding hydrogens is 280 g/mol. The van der Waals surface area contributed by atoms with E-state index in [1.54, 1.807) is 6.20 Å². The van der Waals surface area contributed by atoms with Gasteiger partial charge in [-0.05, 0) is 19.1 Å². The second-order valence-corrected chi connectivity index (χ2v) is 7.26. The van der Waals surface area contributed by atoms with Gasteiger partial charge in [0.15, 0.2) is 9.84 Å². The van der Waals surface area contributed by atoms with Crippen LogP contribution in [-0.4, -0.2) is 53.5 Å². The molecular formula is C13H18N2O4S. The number of carboxylic acids is 1. The molecule has 0 amide bonds. The third kappa shape index (κ3) is 3.55. The number of rotatable bonds is 4. The lowest BCUT2D eigenvalue weighted by molar-refractivity contribution is -0.138. The van der Waals surface area contributed by atoms with Crippen LogP contribution in [0.5, 0.6) is 0 Å². The minimum absolute atomic E-state index is 0.0697. The average molecular weight is 298 g/mol. The minimum Gasteiger partial charge on any atom is -0.481 e. The Labute approximate surface area is 118 Å². The van der Waals surface area contributed by atoms with Gasteiger partial charge in [-0.3, -0.25) is 14.7 Å². The first-order valence-electron chi connectivity index (χ1n) is 6.48.